The molecule has 1 aromatic carbocycles. The molecule has 0 spiro atoms. The maximum atomic E-state index is 12.5. The molecule has 0 aliphatic heterocycles. The Morgan fingerprint density at radius 1 is 1.13 bits per heavy atom. The number of hydrogen-bond donors (Lipinski definition) is 2. The lowest BCUT2D eigenvalue weighted by molar-refractivity contribution is 0.102. The van der Waals surface area contributed by atoms with E-state index in [0.717, 1.165) is 16.8 Å². The molecule has 3 aromatic rings. The summed E-state index contributed by atoms with van der Waals surface area (Å²) in [5.41, 5.74) is 4.39. The first kappa shape index (κ1) is 15.4. The van der Waals surface area contributed by atoms with Crippen LogP contribution in [-0.4, -0.2) is 15.3 Å². The van der Waals surface area contributed by atoms with Crippen LogP contribution in [0.2, 0.25) is 0 Å². The average molecular weight is 327 g/mol. The molecule has 118 valence electrons. The normalized spacial score (nSPS) is 11.0. The molecule has 6 heteroatoms. The Kier molecular flexibility index (Phi) is 3.77. The molecule has 2 aromatic heterocycles. The van der Waals surface area contributed by atoms with Crippen LogP contribution in [0.3, 0.4) is 0 Å². The van der Waals surface area contributed by atoms with Gasteiger partial charge >= 0.3 is 0 Å². The molecule has 1 amide bonds. The second-order valence-corrected chi connectivity index (χ2v) is 6.48. The number of anilines is 1. The second-order valence-electron chi connectivity index (χ2n) is 5.71. The first-order valence-electron chi connectivity index (χ1n) is 7.25. The third kappa shape index (κ3) is 2.66. The topological polar surface area (TPSA) is 74.8 Å². The zero-order valence-electron chi connectivity index (χ0n) is 13.4. The van der Waals surface area contributed by atoms with Crippen LogP contribution in [0, 0.1) is 27.7 Å². The third-order valence-electron chi connectivity index (χ3n) is 4.02. The molecule has 0 fully saturated rings. The van der Waals surface area contributed by atoms with Crippen LogP contribution in [0.15, 0.2) is 23.1 Å². The van der Waals surface area contributed by atoms with E-state index in [0.29, 0.717) is 15.9 Å². The van der Waals surface area contributed by atoms with Crippen LogP contribution < -0.4 is 10.7 Å². The van der Waals surface area contributed by atoms with Crippen LogP contribution >= 0.6 is 11.5 Å². The Hall–Kier alpha value is -2.47. The fourth-order valence-electron chi connectivity index (χ4n) is 2.53. The Labute approximate surface area is 137 Å². The highest BCUT2D eigenvalue weighted by molar-refractivity contribution is 7.12. The summed E-state index contributed by atoms with van der Waals surface area (Å²) in [5.74, 6) is -0.412. The highest BCUT2D eigenvalue weighted by Gasteiger charge is 2.17. The first-order chi connectivity index (χ1) is 10.9. The highest BCUT2D eigenvalue weighted by atomic mass is 32.1. The second kappa shape index (κ2) is 5.62. The number of carbonyl (C=O) groups excluding carboxylic acids is 1. The molecule has 0 aliphatic rings. The van der Waals surface area contributed by atoms with Gasteiger partial charge < -0.3 is 10.3 Å². The summed E-state index contributed by atoms with van der Waals surface area (Å²) in [4.78, 5) is 28.7. The number of carbonyl (C=O) groups is 1. The molecule has 3 rings (SSSR count). The molecule has 0 aliphatic carbocycles. The monoisotopic (exact) mass is 327 g/mol. The summed E-state index contributed by atoms with van der Waals surface area (Å²) in [6, 6.07) is 3.94. The zero-order valence-corrected chi connectivity index (χ0v) is 14.2. The van der Waals surface area contributed by atoms with Gasteiger partial charge in [-0.2, -0.15) is 4.37 Å². The van der Waals surface area contributed by atoms with E-state index in [1.165, 1.54) is 23.3 Å². The van der Waals surface area contributed by atoms with E-state index >= 15 is 0 Å². The molecular formula is C17H17N3O2S. The van der Waals surface area contributed by atoms with Gasteiger partial charge in [-0.05, 0) is 62.0 Å². The largest absolute Gasteiger partial charge is 0.351 e. The third-order valence-corrected chi connectivity index (χ3v) is 4.89. The fourth-order valence-corrected chi connectivity index (χ4v) is 3.29. The number of benzene rings is 1. The summed E-state index contributed by atoms with van der Waals surface area (Å²) in [5, 5.41) is 3.32. The molecule has 0 unspecified atom stereocenters. The molecule has 23 heavy (non-hydrogen) atoms. The maximum absolute atomic E-state index is 12.5. The van der Waals surface area contributed by atoms with Crippen LogP contribution in [0.25, 0.3) is 10.2 Å². The molecule has 0 atom stereocenters. The minimum Gasteiger partial charge on any atom is -0.351 e. The van der Waals surface area contributed by atoms with E-state index in [4.69, 9.17) is 0 Å². The Balaban J connectivity index is 2.02. The summed E-state index contributed by atoms with van der Waals surface area (Å²) < 4.78 is 4.16. The van der Waals surface area contributed by atoms with Gasteiger partial charge in [-0.3, -0.25) is 9.59 Å². The van der Waals surface area contributed by atoms with E-state index in [9.17, 15) is 9.59 Å². The van der Waals surface area contributed by atoms with E-state index in [1.54, 1.807) is 6.92 Å². The molecule has 0 bridgehead atoms. The van der Waals surface area contributed by atoms with Crippen molar-refractivity contribution < 1.29 is 4.79 Å². The van der Waals surface area contributed by atoms with Crippen molar-refractivity contribution >= 4 is 33.3 Å². The zero-order chi connectivity index (χ0) is 16.7. The fraction of sp³-hybridized carbons (Fsp3) is 0.235. The van der Waals surface area contributed by atoms with E-state index in [1.807, 2.05) is 32.9 Å². The van der Waals surface area contributed by atoms with Gasteiger partial charge in [-0.1, -0.05) is 6.07 Å². The molecular weight excluding hydrogens is 310 g/mol. The van der Waals surface area contributed by atoms with E-state index < -0.39 is 5.91 Å². The molecule has 0 saturated carbocycles. The number of aryl methyl sites for hydroxylation is 4. The van der Waals surface area contributed by atoms with Gasteiger partial charge in [0.05, 0.1) is 11.1 Å². The van der Waals surface area contributed by atoms with Crippen molar-refractivity contribution in [2.45, 2.75) is 27.7 Å². The number of nitrogens with one attached hydrogen (secondary N) is 2. The number of hydrogen-bond acceptors (Lipinski definition) is 4. The van der Waals surface area contributed by atoms with Crippen molar-refractivity contribution in [3.63, 3.8) is 0 Å². The minimum atomic E-state index is -0.412. The molecule has 0 saturated heterocycles. The van der Waals surface area contributed by atoms with Gasteiger partial charge in [0.15, 0.2) is 0 Å². The van der Waals surface area contributed by atoms with Crippen molar-refractivity contribution in [1.29, 1.82) is 0 Å². The number of rotatable bonds is 2. The van der Waals surface area contributed by atoms with Crippen LogP contribution in [0.4, 0.5) is 5.69 Å². The molecule has 5 nitrogen and oxygen atoms in total. The number of pyridine rings is 1. The highest BCUT2D eigenvalue weighted by Crippen LogP contribution is 2.21. The van der Waals surface area contributed by atoms with Crippen molar-refractivity contribution in [2.75, 3.05) is 5.32 Å². The Morgan fingerprint density at radius 2 is 1.83 bits per heavy atom. The smallest absolute Gasteiger partial charge is 0.261 e. The Morgan fingerprint density at radius 3 is 2.57 bits per heavy atom. The lowest BCUT2D eigenvalue weighted by Gasteiger charge is -2.11. The van der Waals surface area contributed by atoms with Gasteiger partial charge in [0.25, 0.3) is 5.91 Å². The maximum Gasteiger partial charge on any atom is 0.261 e. The molecule has 2 N–H and O–H groups in total. The van der Waals surface area contributed by atoms with Crippen LogP contribution in [0.5, 0.6) is 0 Å². The van der Waals surface area contributed by atoms with Gasteiger partial charge in [0, 0.05) is 11.9 Å². The number of aromatic amines is 1. The van der Waals surface area contributed by atoms with E-state index in [2.05, 4.69) is 14.7 Å². The number of nitrogens with zero attached hydrogens (tertiary/aromatic N) is 1. The summed E-state index contributed by atoms with van der Waals surface area (Å²) in [7, 11) is 0. The quantitative estimate of drug-likeness (QED) is 0.757. The van der Waals surface area contributed by atoms with Crippen molar-refractivity contribution in [2.24, 2.45) is 0 Å². The predicted molar refractivity (Wildman–Crippen MR) is 93.6 cm³/mol. The van der Waals surface area contributed by atoms with Gasteiger partial charge in [-0.15, -0.1) is 0 Å². The van der Waals surface area contributed by atoms with Crippen molar-refractivity contribution in [3.05, 3.63) is 56.5 Å². The van der Waals surface area contributed by atoms with Gasteiger partial charge in [-0.25, -0.2) is 0 Å². The minimum absolute atomic E-state index is 0.0958. The number of fused-ring (bicyclic) bond motifs is 1. The van der Waals surface area contributed by atoms with Gasteiger partial charge in [0.2, 0.25) is 5.43 Å². The summed E-state index contributed by atoms with van der Waals surface area (Å²) in [6.07, 6.45) is 1.45. The first-order valence-corrected chi connectivity index (χ1v) is 8.02. The standard InChI is InChI=1S/C17H17N3O2S/c1-8-5-10(3)13(6-9(8)2)19-16(22)12-7-18-17-14(15(12)21)11(4)20-23-17/h5-7H,1-4H3,(H,18,21)(H,19,22). The lowest BCUT2D eigenvalue weighted by atomic mass is 10.0. The van der Waals surface area contributed by atoms with Crippen LogP contribution in [0.1, 0.15) is 32.7 Å². The summed E-state index contributed by atoms with van der Waals surface area (Å²) in [6.45, 7) is 7.72. The van der Waals surface area contributed by atoms with Crippen molar-refractivity contribution in [1.82, 2.24) is 9.36 Å². The SMILES string of the molecule is Cc1cc(C)c(NC(=O)c2c[nH]c3snc(C)c3c2=O)cc1C. The average Bonchev–Trinajstić information content (AvgIpc) is 2.87. The lowest BCUT2D eigenvalue weighted by Crippen LogP contribution is -2.22. The summed E-state index contributed by atoms with van der Waals surface area (Å²) >= 11 is 1.22. The number of H-pyrrole nitrogens is 1. The number of aromatic nitrogens is 2. The molecule has 2 heterocycles. The van der Waals surface area contributed by atoms with Gasteiger partial charge in [0.1, 0.15) is 10.4 Å². The Bertz CT molecular complexity index is 985. The van der Waals surface area contributed by atoms with Crippen LogP contribution in [-0.2, 0) is 0 Å². The predicted octanol–water partition coefficient (Wildman–Crippen LogP) is 3.47. The number of amides is 1. The van der Waals surface area contributed by atoms with Crippen molar-refractivity contribution in [3.8, 4) is 0 Å². The van der Waals surface area contributed by atoms with E-state index in [-0.39, 0.29) is 11.0 Å². The molecule has 0 radical (unpaired) electrons.